The molecule has 0 saturated carbocycles. The van der Waals surface area contributed by atoms with Crippen LogP contribution in [-0.2, 0) is 16.0 Å². The van der Waals surface area contributed by atoms with Crippen LogP contribution >= 0.6 is 11.8 Å². The van der Waals surface area contributed by atoms with Crippen LogP contribution in [0.5, 0.6) is 0 Å². The first-order valence-electron chi connectivity index (χ1n) is 8.61. The Labute approximate surface area is 166 Å². The molecule has 1 N–H and O–H groups in total. The summed E-state index contributed by atoms with van der Waals surface area (Å²) >= 11 is 1.59. The van der Waals surface area contributed by atoms with Gasteiger partial charge in [-0.05, 0) is 43.0 Å². The first kappa shape index (κ1) is 19.7. The van der Waals surface area contributed by atoms with E-state index >= 15 is 0 Å². The molecule has 0 amide bonds. The summed E-state index contributed by atoms with van der Waals surface area (Å²) in [6.45, 7) is 1.95. The van der Waals surface area contributed by atoms with Crippen LogP contribution in [-0.4, -0.2) is 28.9 Å². The lowest BCUT2D eigenvalue weighted by Crippen LogP contribution is -2.34. The lowest BCUT2D eigenvalue weighted by atomic mass is 10.0. The molecule has 0 atom stereocenters. The highest BCUT2D eigenvalue weighted by Crippen LogP contribution is 2.25. The predicted molar refractivity (Wildman–Crippen MR) is 110 cm³/mol. The number of aromatic nitrogens is 2. The number of hydrogen-bond acceptors (Lipinski definition) is 5. The van der Waals surface area contributed by atoms with Crippen molar-refractivity contribution in [2.75, 3.05) is 13.4 Å². The number of esters is 1. The molecule has 3 aromatic rings. The minimum absolute atomic E-state index is 0.184. The second-order valence-corrected chi connectivity index (χ2v) is 7.12. The molecule has 7 heteroatoms. The molecule has 0 unspecified atom stereocenters. The van der Waals surface area contributed by atoms with Gasteiger partial charge in [-0.3, -0.25) is 19.1 Å². The van der Waals surface area contributed by atoms with Crippen molar-refractivity contribution in [3.05, 3.63) is 80.5 Å². The van der Waals surface area contributed by atoms with Crippen LogP contribution in [0.1, 0.15) is 11.1 Å². The Balaban J connectivity index is 2.34. The van der Waals surface area contributed by atoms with Crippen LogP contribution in [0.25, 0.3) is 16.9 Å². The van der Waals surface area contributed by atoms with E-state index in [1.807, 2.05) is 61.7 Å². The number of ether oxygens (including phenoxy) is 1. The number of thioether (sulfide) groups is 1. The number of carbonyl (C=O) groups excluding carboxylic acids is 1. The van der Waals surface area contributed by atoms with Crippen LogP contribution in [0.3, 0.4) is 0 Å². The zero-order valence-electron chi connectivity index (χ0n) is 15.8. The molecule has 1 heterocycles. The normalized spacial score (nSPS) is 10.7. The fourth-order valence-corrected chi connectivity index (χ4v) is 3.35. The van der Waals surface area contributed by atoms with E-state index in [4.69, 9.17) is 4.74 Å². The van der Waals surface area contributed by atoms with E-state index < -0.39 is 17.2 Å². The van der Waals surface area contributed by atoms with Crippen molar-refractivity contribution in [1.29, 1.82) is 0 Å². The highest BCUT2D eigenvalue weighted by atomic mass is 32.2. The first-order chi connectivity index (χ1) is 13.4. The smallest absolute Gasteiger partial charge is 0.333 e. The fourth-order valence-electron chi connectivity index (χ4n) is 2.95. The summed E-state index contributed by atoms with van der Waals surface area (Å²) in [7, 11) is 1.26. The Morgan fingerprint density at radius 3 is 2.29 bits per heavy atom. The molecule has 28 heavy (non-hydrogen) atoms. The molecular formula is C21H20N2O4S. The Kier molecular flexibility index (Phi) is 5.84. The summed E-state index contributed by atoms with van der Waals surface area (Å²) in [5.74, 6) is -0.554. The van der Waals surface area contributed by atoms with E-state index in [1.165, 1.54) is 11.7 Å². The maximum absolute atomic E-state index is 12.7. The molecule has 6 nitrogen and oxygen atoms in total. The number of aromatic amines is 1. The van der Waals surface area contributed by atoms with E-state index in [-0.39, 0.29) is 12.0 Å². The van der Waals surface area contributed by atoms with Crippen molar-refractivity contribution < 1.29 is 9.53 Å². The zero-order valence-corrected chi connectivity index (χ0v) is 16.6. The predicted octanol–water partition coefficient (Wildman–Crippen LogP) is 2.94. The third kappa shape index (κ3) is 3.94. The Morgan fingerprint density at radius 1 is 1.07 bits per heavy atom. The van der Waals surface area contributed by atoms with Gasteiger partial charge in [0.2, 0.25) is 0 Å². The second-order valence-electron chi connectivity index (χ2n) is 6.24. The van der Waals surface area contributed by atoms with Crippen LogP contribution in [0.2, 0.25) is 0 Å². The lowest BCUT2D eigenvalue weighted by molar-refractivity contribution is -0.139. The average molecular weight is 396 g/mol. The van der Waals surface area contributed by atoms with Crippen LogP contribution in [0.15, 0.2) is 63.0 Å². The maximum Gasteiger partial charge on any atom is 0.333 e. The monoisotopic (exact) mass is 396 g/mol. The Bertz CT molecular complexity index is 1110. The lowest BCUT2D eigenvalue weighted by Gasteiger charge is -2.17. The number of rotatable bonds is 5. The van der Waals surface area contributed by atoms with Crippen molar-refractivity contribution in [3.63, 3.8) is 0 Å². The van der Waals surface area contributed by atoms with Crippen molar-refractivity contribution in [2.24, 2.45) is 0 Å². The summed E-state index contributed by atoms with van der Waals surface area (Å²) < 4.78 is 6.17. The molecule has 0 radical (unpaired) electrons. The highest BCUT2D eigenvalue weighted by Gasteiger charge is 2.20. The van der Waals surface area contributed by atoms with Gasteiger partial charge in [-0.25, -0.2) is 4.79 Å². The molecule has 0 fully saturated rings. The Hall–Kier alpha value is -3.06. The molecule has 0 bridgehead atoms. The Morgan fingerprint density at radius 2 is 1.71 bits per heavy atom. The van der Waals surface area contributed by atoms with Crippen molar-refractivity contribution in [3.8, 4) is 16.9 Å². The molecule has 2 aromatic carbocycles. The van der Waals surface area contributed by atoms with E-state index in [1.54, 1.807) is 11.8 Å². The van der Waals surface area contributed by atoms with E-state index in [0.29, 0.717) is 16.9 Å². The third-order valence-electron chi connectivity index (χ3n) is 4.41. The molecular weight excluding hydrogens is 376 g/mol. The fraction of sp³-hybridized carbons (Fsp3) is 0.190. The van der Waals surface area contributed by atoms with Gasteiger partial charge < -0.3 is 4.74 Å². The standard InChI is InChI=1S/C21H20N2O4S/c1-13-4-6-14(7-5-13)19-17(12-18(24)27-2)20(25)22-21(26)23(19)15-8-10-16(28-3)11-9-15/h4-11H,12H2,1-3H3,(H,22,25,26). The molecule has 0 saturated heterocycles. The summed E-state index contributed by atoms with van der Waals surface area (Å²) in [5, 5.41) is 0. The molecule has 0 aliphatic heterocycles. The van der Waals surface area contributed by atoms with Gasteiger partial charge in [0.05, 0.1) is 30.5 Å². The van der Waals surface area contributed by atoms with Crippen LogP contribution < -0.4 is 11.2 Å². The van der Waals surface area contributed by atoms with Crippen LogP contribution in [0, 0.1) is 6.92 Å². The zero-order chi connectivity index (χ0) is 20.3. The minimum Gasteiger partial charge on any atom is -0.469 e. The number of aryl methyl sites for hydroxylation is 1. The number of methoxy groups -OCH3 is 1. The number of nitrogens with one attached hydrogen (secondary N) is 1. The largest absolute Gasteiger partial charge is 0.469 e. The molecule has 0 aliphatic rings. The van der Waals surface area contributed by atoms with Gasteiger partial charge in [-0.15, -0.1) is 11.8 Å². The van der Waals surface area contributed by atoms with Crippen LogP contribution in [0.4, 0.5) is 0 Å². The number of H-pyrrole nitrogens is 1. The number of nitrogens with zero attached hydrogens (tertiary/aromatic N) is 1. The van der Waals surface area contributed by atoms with Gasteiger partial charge in [-0.1, -0.05) is 29.8 Å². The van der Waals surface area contributed by atoms with Crippen molar-refractivity contribution in [2.45, 2.75) is 18.2 Å². The molecule has 1 aromatic heterocycles. The number of carbonyl (C=O) groups is 1. The second kappa shape index (κ2) is 8.31. The molecule has 0 spiro atoms. The summed E-state index contributed by atoms with van der Waals surface area (Å²) in [6.07, 6.45) is 1.73. The van der Waals surface area contributed by atoms with Gasteiger partial charge in [-0.2, -0.15) is 0 Å². The van der Waals surface area contributed by atoms with Gasteiger partial charge in [0.15, 0.2) is 0 Å². The molecule has 144 valence electrons. The number of hydrogen-bond donors (Lipinski definition) is 1. The molecule has 0 aliphatic carbocycles. The SMILES string of the molecule is COC(=O)Cc1c(-c2ccc(C)cc2)n(-c2ccc(SC)cc2)c(=O)[nH]c1=O. The van der Waals surface area contributed by atoms with E-state index in [2.05, 4.69) is 4.98 Å². The molecule has 3 rings (SSSR count). The van der Waals surface area contributed by atoms with Gasteiger partial charge in [0.25, 0.3) is 5.56 Å². The topological polar surface area (TPSA) is 81.2 Å². The van der Waals surface area contributed by atoms with Gasteiger partial charge in [0, 0.05) is 4.90 Å². The van der Waals surface area contributed by atoms with E-state index in [0.717, 1.165) is 10.5 Å². The number of benzene rings is 2. The summed E-state index contributed by atoms with van der Waals surface area (Å²) in [6, 6.07) is 14.9. The maximum atomic E-state index is 12.7. The average Bonchev–Trinajstić information content (AvgIpc) is 2.70. The summed E-state index contributed by atoms with van der Waals surface area (Å²) in [4.78, 5) is 40.6. The quantitative estimate of drug-likeness (QED) is 0.530. The highest BCUT2D eigenvalue weighted by molar-refractivity contribution is 7.98. The summed E-state index contributed by atoms with van der Waals surface area (Å²) in [5.41, 5.74) is 1.72. The van der Waals surface area contributed by atoms with Gasteiger partial charge >= 0.3 is 11.7 Å². The first-order valence-corrected chi connectivity index (χ1v) is 9.83. The van der Waals surface area contributed by atoms with Crippen molar-refractivity contribution >= 4 is 17.7 Å². The third-order valence-corrected chi connectivity index (χ3v) is 5.16. The van der Waals surface area contributed by atoms with E-state index in [9.17, 15) is 14.4 Å². The van der Waals surface area contributed by atoms with Crippen molar-refractivity contribution in [1.82, 2.24) is 9.55 Å². The minimum atomic E-state index is -0.594. The van der Waals surface area contributed by atoms with Gasteiger partial charge in [0.1, 0.15) is 0 Å².